The van der Waals surface area contributed by atoms with E-state index in [0.29, 0.717) is 5.13 Å². The molecule has 0 aromatic carbocycles. The standard InChI is InChI=1S/C5H7N3OS/c1-6-8-5-7-2-4(3-9)10-5/h2,9H,3H2,1H3/p+1. The molecule has 0 amide bonds. The largest absolute Gasteiger partial charge is 0.406 e. The van der Waals surface area contributed by atoms with Gasteiger partial charge in [-0.05, 0) is 11.3 Å². The van der Waals surface area contributed by atoms with Crippen LogP contribution >= 0.6 is 11.3 Å². The zero-order valence-electron chi connectivity index (χ0n) is 5.53. The Kier molecular flexibility index (Phi) is 2.47. The molecule has 0 fully saturated rings. The summed E-state index contributed by atoms with van der Waals surface area (Å²) in [5.74, 6) is 0. The lowest BCUT2D eigenvalue weighted by atomic mass is 10.6. The molecule has 54 valence electrons. The fourth-order valence-corrected chi connectivity index (χ4v) is 1.21. The number of azo groups is 1. The van der Waals surface area contributed by atoms with Gasteiger partial charge in [-0.1, -0.05) is 5.11 Å². The zero-order chi connectivity index (χ0) is 7.40. The van der Waals surface area contributed by atoms with Gasteiger partial charge in [-0.25, -0.2) is 4.98 Å². The molecule has 0 atom stereocenters. The molecule has 0 saturated carbocycles. The van der Waals surface area contributed by atoms with E-state index in [0.717, 1.165) is 4.88 Å². The van der Waals surface area contributed by atoms with Gasteiger partial charge in [0.2, 0.25) is 0 Å². The van der Waals surface area contributed by atoms with E-state index in [-0.39, 0.29) is 6.61 Å². The molecule has 1 heterocycles. The minimum Gasteiger partial charge on any atom is -0.391 e. The highest BCUT2D eigenvalue weighted by Gasteiger charge is 2.05. The van der Waals surface area contributed by atoms with Gasteiger partial charge in [-0.15, -0.1) is 0 Å². The van der Waals surface area contributed by atoms with E-state index >= 15 is 0 Å². The molecule has 1 rings (SSSR count). The number of hydrogen-bond acceptors (Lipinski definition) is 4. The van der Waals surface area contributed by atoms with Gasteiger partial charge in [-0.2, -0.15) is 0 Å². The van der Waals surface area contributed by atoms with Gasteiger partial charge in [0.25, 0.3) is 0 Å². The average molecular weight is 158 g/mol. The molecule has 0 saturated heterocycles. The highest BCUT2D eigenvalue weighted by atomic mass is 32.1. The van der Waals surface area contributed by atoms with Crippen LogP contribution in [-0.4, -0.2) is 12.2 Å². The number of thiazole rings is 1. The highest BCUT2D eigenvalue weighted by Crippen LogP contribution is 2.16. The SMILES string of the molecule is CN=Nc1[nH+]cc(CO)s1. The normalized spacial score (nSPS) is 11.0. The first-order valence-corrected chi connectivity index (χ1v) is 3.59. The Hall–Kier alpha value is -0.810. The second-order valence-electron chi connectivity index (χ2n) is 1.62. The van der Waals surface area contributed by atoms with E-state index in [1.54, 1.807) is 13.2 Å². The van der Waals surface area contributed by atoms with Crippen LogP contribution < -0.4 is 4.98 Å². The average Bonchev–Trinajstić information content (AvgIpc) is 2.37. The van der Waals surface area contributed by atoms with Crippen LogP contribution in [0.1, 0.15) is 4.88 Å². The Balaban J connectivity index is 2.78. The summed E-state index contributed by atoms with van der Waals surface area (Å²) in [5.41, 5.74) is 0. The predicted octanol–water partition coefficient (Wildman–Crippen LogP) is 0.768. The number of nitrogens with zero attached hydrogens (tertiary/aromatic N) is 2. The molecule has 5 heteroatoms. The third-order valence-electron chi connectivity index (χ3n) is 0.931. The lowest BCUT2D eigenvalue weighted by molar-refractivity contribution is -0.357. The summed E-state index contributed by atoms with van der Waals surface area (Å²) >= 11 is 1.39. The van der Waals surface area contributed by atoms with Gasteiger partial charge in [0, 0.05) is 0 Å². The number of nitrogens with one attached hydrogen (secondary N) is 1. The Morgan fingerprint density at radius 2 is 2.60 bits per heavy atom. The fourth-order valence-electron chi connectivity index (χ4n) is 0.543. The van der Waals surface area contributed by atoms with E-state index in [9.17, 15) is 0 Å². The number of rotatable bonds is 2. The van der Waals surface area contributed by atoms with Crippen LogP contribution in [0.25, 0.3) is 0 Å². The Labute approximate surface area is 62.3 Å². The first kappa shape index (κ1) is 7.30. The van der Waals surface area contributed by atoms with E-state index in [2.05, 4.69) is 15.2 Å². The lowest BCUT2D eigenvalue weighted by Gasteiger charge is -1.74. The van der Waals surface area contributed by atoms with E-state index < -0.39 is 0 Å². The van der Waals surface area contributed by atoms with Crippen LogP contribution in [0.2, 0.25) is 0 Å². The molecule has 2 N–H and O–H groups in total. The van der Waals surface area contributed by atoms with Crippen molar-refractivity contribution in [2.75, 3.05) is 7.05 Å². The van der Waals surface area contributed by atoms with E-state index in [1.807, 2.05) is 0 Å². The van der Waals surface area contributed by atoms with Crippen molar-refractivity contribution in [2.24, 2.45) is 10.2 Å². The lowest BCUT2D eigenvalue weighted by Crippen LogP contribution is -1.92. The minimum absolute atomic E-state index is 0.0560. The van der Waals surface area contributed by atoms with Gasteiger partial charge in [0.1, 0.15) is 6.20 Å². The summed E-state index contributed by atoms with van der Waals surface area (Å²) in [6.07, 6.45) is 1.72. The number of aromatic nitrogens is 1. The molecule has 0 aliphatic heterocycles. The first-order chi connectivity index (χ1) is 4.86. The van der Waals surface area contributed by atoms with Gasteiger partial charge >= 0.3 is 5.13 Å². The molecule has 4 nitrogen and oxygen atoms in total. The zero-order valence-corrected chi connectivity index (χ0v) is 6.35. The van der Waals surface area contributed by atoms with Crippen molar-refractivity contribution in [1.29, 1.82) is 0 Å². The van der Waals surface area contributed by atoms with Crippen molar-refractivity contribution in [1.82, 2.24) is 0 Å². The van der Waals surface area contributed by atoms with E-state index in [1.165, 1.54) is 11.3 Å². The molecule has 0 unspecified atom stereocenters. The Morgan fingerprint density at radius 3 is 3.10 bits per heavy atom. The number of aliphatic hydroxyl groups is 1. The van der Waals surface area contributed by atoms with Gasteiger partial charge in [-0.3, -0.25) is 0 Å². The van der Waals surface area contributed by atoms with Crippen molar-refractivity contribution in [2.45, 2.75) is 6.61 Å². The van der Waals surface area contributed by atoms with Gasteiger partial charge in [0.05, 0.1) is 23.6 Å². The van der Waals surface area contributed by atoms with Crippen LogP contribution in [0.5, 0.6) is 0 Å². The first-order valence-electron chi connectivity index (χ1n) is 2.78. The van der Waals surface area contributed by atoms with Crippen molar-refractivity contribution in [3.8, 4) is 0 Å². The summed E-state index contributed by atoms with van der Waals surface area (Å²) < 4.78 is 0. The summed E-state index contributed by atoms with van der Waals surface area (Å²) in [5, 5.41) is 16.7. The van der Waals surface area contributed by atoms with Crippen molar-refractivity contribution in [3.05, 3.63) is 11.1 Å². The molecule has 0 spiro atoms. The quantitative estimate of drug-likeness (QED) is 0.635. The molecule has 1 aromatic heterocycles. The minimum atomic E-state index is 0.0560. The van der Waals surface area contributed by atoms with Crippen LogP contribution in [0, 0.1) is 0 Å². The molecular formula is C5H8N3OS+. The second kappa shape index (κ2) is 3.38. The third-order valence-corrected chi connectivity index (χ3v) is 1.83. The number of aliphatic hydroxyl groups excluding tert-OH is 1. The highest BCUT2D eigenvalue weighted by molar-refractivity contribution is 7.14. The predicted molar refractivity (Wildman–Crippen MR) is 37.2 cm³/mol. The van der Waals surface area contributed by atoms with Gasteiger partial charge in [0.15, 0.2) is 0 Å². The second-order valence-corrected chi connectivity index (χ2v) is 2.74. The molecule has 0 aliphatic carbocycles. The summed E-state index contributed by atoms with van der Waals surface area (Å²) in [7, 11) is 1.60. The number of H-pyrrole nitrogens is 1. The van der Waals surface area contributed by atoms with E-state index in [4.69, 9.17) is 5.11 Å². The monoisotopic (exact) mass is 158 g/mol. The summed E-state index contributed by atoms with van der Waals surface area (Å²) in [6, 6.07) is 0. The van der Waals surface area contributed by atoms with Gasteiger partial charge < -0.3 is 5.11 Å². The molecule has 10 heavy (non-hydrogen) atoms. The maximum Gasteiger partial charge on any atom is 0.406 e. The van der Waals surface area contributed by atoms with Crippen LogP contribution in [0.3, 0.4) is 0 Å². The number of hydrogen-bond donors (Lipinski definition) is 1. The molecule has 1 aromatic rings. The third kappa shape index (κ3) is 1.58. The summed E-state index contributed by atoms with van der Waals surface area (Å²) in [4.78, 5) is 3.72. The molecule has 0 bridgehead atoms. The Bertz CT molecular complexity index is 233. The maximum absolute atomic E-state index is 8.64. The molecular weight excluding hydrogens is 150 g/mol. The smallest absolute Gasteiger partial charge is 0.391 e. The Morgan fingerprint density at radius 1 is 1.80 bits per heavy atom. The maximum atomic E-state index is 8.64. The van der Waals surface area contributed by atoms with Crippen molar-refractivity contribution < 1.29 is 10.1 Å². The topological polar surface area (TPSA) is 59.1 Å². The summed E-state index contributed by atoms with van der Waals surface area (Å²) in [6.45, 7) is 0.0560. The molecule has 0 radical (unpaired) electrons. The van der Waals surface area contributed by atoms with Crippen LogP contribution in [0.4, 0.5) is 5.13 Å². The molecule has 0 aliphatic rings. The fraction of sp³-hybridized carbons (Fsp3) is 0.400. The number of aromatic amines is 1. The van der Waals surface area contributed by atoms with Crippen molar-refractivity contribution >= 4 is 16.5 Å². The van der Waals surface area contributed by atoms with Crippen LogP contribution in [-0.2, 0) is 6.61 Å². The van der Waals surface area contributed by atoms with Crippen LogP contribution in [0.15, 0.2) is 16.4 Å². The van der Waals surface area contributed by atoms with Crippen molar-refractivity contribution in [3.63, 3.8) is 0 Å².